The molecule has 0 saturated carbocycles. The van der Waals surface area contributed by atoms with Gasteiger partial charge in [-0.3, -0.25) is 0 Å². The molecule has 13 heavy (non-hydrogen) atoms. The molecule has 0 unspecified atom stereocenters. The van der Waals surface area contributed by atoms with Gasteiger partial charge in [-0.25, -0.2) is 4.39 Å². The number of rotatable bonds is 1. The number of allylic oxidation sites excluding steroid dienone is 5. The Balaban J connectivity index is 2.98. The van der Waals surface area contributed by atoms with E-state index in [0.717, 1.165) is 5.70 Å². The highest BCUT2D eigenvalue weighted by molar-refractivity contribution is 5.43. The molecule has 0 spiro atoms. The van der Waals surface area contributed by atoms with Gasteiger partial charge >= 0.3 is 0 Å². The third-order valence-electron chi connectivity index (χ3n) is 1.88. The largest absolute Gasteiger partial charge is 0.381 e. The fourth-order valence-corrected chi connectivity index (χ4v) is 1.05. The maximum absolute atomic E-state index is 13.1. The van der Waals surface area contributed by atoms with Gasteiger partial charge in [0.1, 0.15) is 11.9 Å². The predicted octanol–water partition coefficient (Wildman–Crippen LogP) is 2.14. The Bertz CT molecular complexity index is 329. The second-order valence-corrected chi connectivity index (χ2v) is 3.00. The number of nitrogens with zero attached hydrogens (tertiary/aromatic N) is 2. The molecular formula is C10H11FN2. The van der Waals surface area contributed by atoms with Crippen LogP contribution in [0.3, 0.4) is 0 Å². The molecule has 68 valence electrons. The summed E-state index contributed by atoms with van der Waals surface area (Å²) in [6.07, 6.45) is 5.23. The van der Waals surface area contributed by atoms with Crippen molar-refractivity contribution in [2.24, 2.45) is 0 Å². The summed E-state index contributed by atoms with van der Waals surface area (Å²) in [5.74, 6) is -0.435. The standard InChI is InChI=1S/C10H11FN2/c1-13(2)9-4-3-8(7-12)10(11)6-5-9/h3-4,6H,5H2,1-2H3. The maximum Gasteiger partial charge on any atom is 0.137 e. The normalized spacial score (nSPS) is 16.3. The van der Waals surface area contributed by atoms with Crippen LogP contribution in [0.25, 0.3) is 0 Å². The molecule has 0 radical (unpaired) electrons. The highest BCUT2D eigenvalue weighted by Crippen LogP contribution is 2.19. The molecule has 0 aromatic rings. The molecule has 0 bridgehead atoms. The van der Waals surface area contributed by atoms with Crippen molar-refractivity contribution in [3.8, 4) is 6.07 Å². The van der Waals surface area contributed by atoms with Gasteiger partial charge in [-0.15, -0.1) is 0 Å². The average Bonchev–Trinajstić information content (AvgIpc) is 2.27. The van der Waals surface area contributed by atoms with Gasteiger partial charge in [-0.1, -0.05) is 0 Å². The monoisotopic (exact) mass is 178 g/mol. The van der Waals surface area contributed by atoms with Crippen molar-refractivity contribution in [3.05, 3.63) is 35.3 Å². The molecule has 0 aromatic heterocycles. The Kier molecular flexibility index (Phi) is 2.86. The van der Waals surface area contributed by atoms with Crippen LogP contribution in [-0.2, 0) is 0 Å². The highest BCUT2D eigenvalue weighted by Gasteiger charge is 2.07. The van der Waals surface area contributed by atoms with Crippen molar-refractivity contribution in [3.63, 3.8) is 0 Å². The molecule has 0 amide bonds. The summed E-state index contributed by atoms with van der Waals surface area (Å²) in [6.45, 7) is 0. The van der Waals surface area contributed by atoms with Gasteiger partial charge in [0.05, 0.1) is 5.57 Å². The maximum atomic E-state index is 13.1. The molecule has 0 aromatic carbocycles. The summed E-state index contributed by atoms with van der Waals surface area (Å²) in [5.41, 5.74) is 1.08. The lowest BCUT2D eigenvalue weighted by atomic mass is 10.2. The number of halogens is 1. The summed E-state index contributed by atoms with van der Waals surface area (Å²) in [6, 6.07) is 1.81. The first kappa shape index (κ1) is 9.53. The summed E-state index contributed by atoms with van der Waals surface area (Å²) in [5, 5.41) is 8.57. The van der Waals surface area contributed by atoms with Crippen LogP contribution in [0.15, 0.2) is 35.3 Å². The molecule has 0 atom stereocenters. The Morgan fingerprint density at radius 3 is 2.69 bits per heavy atom. The molecule has 1 rings (SSSR count). The third-order valence-corrected chi connectivity index (χ3v) is 1.88. The molecule has 1 aliphatic carbocycles. The van der Waals surface area contributed by atoms with Crippen LogP contribution in [0.2, 0.25) is 0 Å². The first-order valence-corrected chi connectivity index (χ1v) is 3.99. The van der Waals surface area contributed by atoms with Crippen LogP contribution in [0, 0.1) is 11.3 Å². The fourth-order valence-electron chi connectivity index (χ4n) is 1.05. The van der Waals surface area contributed by atoms with Crippen molar-refractivity contribution < 1.29 is 4.39 Å². The smallest absolute Gasteiger partial charge is 0.137 e. The molecule has 3 heteroatoms. The zero-order valence-corrected chi connectivity index (χ0v) is 7.71. The zero-order valence-electron chi connectivity index (χ0n) is 7.71. The van der Waals surface area contributed by atoms with E-state index >= 15 is 0 Å². The highest BCUT2D eigenvalue weighted by atomic mass is 19.1. The topological polar surface area (TPSA) is 27.0 Å². The van der Waals surface area contributed by atoms with Crippen LogP contribution in [0.4, 0.5) is 4.39 Å². The van der Waals surface area contributed by atoms with Gasteiger partial charge in [0, 0.05) is 26.2 Å². The van der Waals surface area contributed by atoms with Crippen LogP contribution in [-0.4, -0.2) is 19.0 Å². The van der Waals surface area contributed by atoms with Gasteiger partial charge in [0.25, 0.3) is 0 Å². The summed E-state index contributed by atoms with van der Waals surface area (Å²) in [7, 11) is 3.78. The minimum absolute atomic E-state index is 0.0943. The van der Waals surface area contributed by atoms with E-state index < -0.39 is 5.83 Å². The fraction of sp³-hybridized carbons (Fsp3) is 0.300. The van der Waals surface area contributed by atoms with Crippen molar-refractivity contribution in [1.29, 1.82) is 5.26 Å². The predicted molar refractivity (Wildman–Crippen MR) is 49.3 cm³/mol. The van der Waals surface area contributed by atoms with Crippen molar-refractivity contribution >= 4 is 0 Å². The Morgan fingerprint density at radius 2 is 2.15 bits per heavy atom. The lowest BCUT2D eigenvalue weighted by molar-refractivity contribution is 0.500. The van der Waals surface area contributed by atoms with Crippen molar-refractivity contribution in [1.82, 2.24) is 4.90 Å². The van der Waals surface area contributed by atoms with E-state index in [2.05, 4.69) is 0 Å². The minimum Gasteiger partial charge on any atom is -0.381 e. The Morgan fingerprint density at radius 1 is 1.46 bits per heavy atom. The van der Waals surface area contributed by atoms with Gasteiger partial charge in [0.2, 0.25) is 0 Å². The van der Waals surface area contributed by atoms with Crippen LogP contribution >= 0.6 is 0 Å². The zero-order chi connectivity index (χ0) is 9.84. The van der Waals surface area contributed by atoms with E-state index in [9.17, 15) is 4.39 Å². The number of hydrogen-bond acceptors (Lipinski definition) is 2. The summed E-state index contributed by atoms with van der Waals surface area (Å²) >= 11 is 0. The second-order valence-electron chi connectivity index (χ2n) is 3.00. The molecule has 0 fully saturated rings. The number of hydrogen-bond donors (Lipinski definition) is 0. The second kappa shape index (κ2) is 3.90. The number of nitriles is 1. The van der Waals surface area contributed by atoms with Gasteiger partial charge in [-0.2, -0.15) is 5.26 Å². The third kappa shape index (κ3) is 2.19. The van der Waals surface area contributed by atoms with E-state index in [1.54, 1.807) is 6.08 Å². The molecule has 0 heterocycles. The van der Waals surface area contributed by atoms with E-state index in [1.807, 2.05) is 25.1 Å². The van der Waals surface area contributed by atoms with Crippen LogP contribution < -0.4 is 0 Å². The molecule has 0 aliphatic heterocycles. The van der Waals surface area contributed by atoms with E-state index in [0.29, 0.717) is 6.42 Å². The lowest BCUT2D eigenvalue weighted by Crippen LogP contribution is -2.09. The van der Waals surface area contributed by atoms with Gasteiger partial charge < -0.3 is 4.90 Å². The van der Waals surface area contributed by atoms with Crippen molar-refractivity contribution in [2.45, 2.75) is 6.42 Å². The van der Waals surface area contributed by atoms with Crippen LogP contribution in [0.1, 0.15) is 6.42 Å². The first-order valence-electron chi connectivity index (χ1n) is 3.99. The van der Waals surface area contributed by atoms with Gasteiger partial charge in [0.15, 0.2) is 0 Å². The van der Waals surface area contributed by atoms with E-state index in [4.69, 9.17) is 5.26 Å². The Hall–Kier alpha value is -1.56. The molecular weight excluding hydrogens is 167 g/mol. The van der Waals surface area contributed by atoms with Gasteiger partial charge in [-0.05, 0) is 18.2 Å². The summed E-state index contributed by atoms with van der Waals surface area (Å²) < 4.78 is 13.1. The molecule has 0 saturated heterocycles. The quantitative estimate of drug-likeness (QED) is 0.615. The SMILES string of the molecule is CN(C)C1=CC=C(C#N)C(F)=CC1. The van der Waals surface area contributed by atoms with Crippen molar-refractivity contribution in [2.75, 3.05) is 14.1 Å². The first-order chi connectivity index (χ1) is 6.15. The minimum atomic E-state index is -0.435. The molecule has 2 nitrogen and oxygen atoms in total. The lowest BCUT2D eigenvalue weighted by Gasteiger charge is -2.14. The average molecular weight is 178 g/mol. The summed E-state index contributed by atoms with van der Waals surface area (Å²) in [4.78, 5) is 1.90. The molecule has 0 N–H and O–H groups in total. The Labute approximate surface area is 77.3 Å². The molecule has 1 aliphatic rings. The van der Waals surface area contributed by atoms with E-state index in [1.165, 1.54) is 12.2 Å². The van der Waals surface area contributed by atoms with Crippen LogP contribution in [0.5, 0.6) is 0 Å². The van der Waals surface area contributed by atoms with E-state index in [-0.39, 0.29) is 5.57 Å².